The molecule has 2 N–H and O–H groups in total. The number of anilines is 1. The molecular weight excluding hydrogens is 349 g/mol. The number of ether oxygens (including phenoxy) is 1. The van der Waals surface area contributed by atoms with Crippen LogP contribution < -0.4 is 5.73 Å². The fourth-order valence-electron chi connectivity index (χ4n) is 1.45. The third-order valence-corrected chi connectivity index (χ3v) is 4.48. The van der Waals surface area contributed by atoms with Gasteiger partial charge in [0.15, 0.2) is 5.82 Å². The highest BCUT2D eigenvalue weighted by atomic mass is 127. The molecule has 0 saturated carbocycles. The number of nitrogens with zero attached hydrogens (tertiary/aromatic N) is 2. The SMILES string of the molecule is COCc1nc(-c2sccc2C)nc(N)c1I. The number of halogens is 1. The fourth-order valence-corrected chi connectivity index (χ4v) is 2.70. The van der Waals surface area contributed by atoms with Crippen LogP contribution in [-0.4, -0.2) is 17.1 Å². The van der Waals surface area contributed by atoms with Crippen LogP contribution >= 0.6 is 33.9 Å². The van der Waals surface area contributed by atoms with Gasteiger partial charge in [0.25, 0.3) is 0 Å². The molecule has 0 spiro atoms. The average molecular weight is 361 g/mol. The predicted molar refractivity (Wildman–Crippen MR) is 77.9 cm³/mol. The van der Waals surface area contributed by atoms with Crippen molar-refractivity contribution in [3.8, 4) is 10.7 Å². The molecule has 0 bridgehead atoms. The van der Waals surface area contributed by atoms with Crippen molar-refractivity contribution in [2.45, 2.75) is 13.5 Å². The van der Waals surface area contributed by atoms with E-state index in [-0.39, 0.29) is 0 Å². The van der Waals surface area contributed by atoms with E-state index in [1.165, 1.54) is 5.56 Å². The van der Waals surface area contributed by atoms with Crippen LogP contribution in [0.15, 0.2) is 11.4 Å². The molecule has 0 unspecified atom stereocenters. The lowest BCUT2D eigenvalue weighted by atomic mass is 10.2. The average Bonchev–Trinajstić information content (AvgIpc) is 2.71. The predicted octanol–water partition coefficient (Wildman–Crippen LogP) is 2.85. The molecule has 0 amide bonds. The van der Waals surface area contributed by atoms with E-state index >= 15 is 0 Å². The van der Waals surface area contributed by atoms with Gasteiger partial charge in [-0.15, -0.1) is 11.3 Å². The van der Waals surface area contributed by atoms with Crippen molar-refractivity contribution in [3.63, 3.8) is 0 Å². The molecule has 2 heterocycles. The van der Waals surface area contributed by atoms with Crippen LogP contribution in [0.2, 0.25) is 0 Å². The number of hydrogen-bond acceptors (Lipinski definition) is 5. The highest BCUT2D eigenvalue weighted by molar-refractivity contribution is 14.1. The molecule has 0 saturated heterocycles. The Morgan fingerprint density at radius 3 is 2.82 bits per heavy atom. The number of aromatic nitrogens is 2. The summed E-state index contributed by atoms with van der Waals surface area (Å²) in [6.07, 6.45) is 0. The molecule has 0 radical (unpaired) electrons. The molecule has 0 aliphatic carbocycles. The Hall–Kier alpha value is -0.730. The molecule has 4 nitrogen and oxygen atoms in total. The number of hydrogen-bond donors (Lipinski definition) is 1. The molecule has 0 aliphatic rings. The van der Waals surface area contributed by atoms with Crippen LogP contribution in [0.1, 0.15) is 11.3 Å². The first-order chi connectivity index (χ1) is 8.13. The van der Waals surface area contributed by atoms with Crippen molar-refractivity contribution >= 4 is 39.7 Å². The van der Waals surface area contributed by atoms with Gasteiger partial charge in [0.2, 0.25) is 0 Å². The summed E-state index contributed by atoms with van der Waals surface area (Å²) in [4.78, 5) is 9.91. The molecule has 0 atom stereocenters. The first kappa shape index (κ1) is 12.7. The second-order valence-corrected chi connectivity index (χ2v) is 5.55. The quantitative estimate of drug-likeness (QED) is 0.855. The summed E-state index contributed by atoms with van der Waals surface area (Å²) in [6.45, 7) is 2.49. The maximum Gasteiger partial charge on any atom is 0.172 e. The minimum absolute atomic E-state index is 0.447. The van der Waals surface area contributed by atoms with Gasteiger partial charge in [0, 0.05) is 7.11 Å². The third kappa shape index (κ3) is 2.58. The van der Waals surface area contributed by atoms with Crippen molar-refractivity contribution in [2.24, 2.45) is 0 Å². The maximum atomic E-state index is 5.90. The highest BCUT2D eigenvalue weighted by Crippen LogP contribution is 2.28. The van der Waals surface area contributed by atoms with E-state index in [0.717, 1.165) is 14.1 Å². The molecule has 0 fully saturated rings. The summed E-state index contributed by atoms with van der Waals surface area (Å²) in [5.41, 5.74) is 7.90. The summed E-state index contributed by atoms with van der Waals surface area (Å²) in [7, 11) is 1.64. The number of nitrogen functional groups attached to an aromatic ring is 1. The Morgan fingerprint density at radius 2 is 2.24 bits per heavy atom. The van der Waals surface area contributed by atoms with Crippen LogP contribution in [0.25, 0.3) is 10.7 Å². The first-order valence-corrected chi connectivity index (χ1v) is 6.94. The van der Waals surface area contributed by atoms with Gasteiger partial charge in [0.05, 0.1) is 20.7 Å². The Labute approximate surface area is 117 Å². The Balaban J connectivity index is 2.53. The zero-order chi connectivity index (χ0) is 12.4. The van der Waals surface area contributed by atoms with Crippen molar-refractivity contribution in [2.75, 3.05) is 12.8 Å². The largest absolute Gasteiger partial charge is 0.383 e. The number of nitrogens with two attached hydrogens (primary N) is 1. The topological polar surface area (TPSA) is 61.0 Å². The number of methoxy groups -OCH3 is 1. The van der Waals surface area contributed by atoms with Crippen LogP contribution in [0, 0.1) is 10.5 Å². The van der Waals surface area contributed by atoms with Gasteiger partial charge in [-0.05, 0) is 46.5 Å². The number of thiophene rings is 1. The smallest absolute Gasteiger partial charge is 0.172 e. The van der Waals surface area contributed by atoms with Crippen LogP contribution in [0.3, 0.4) is 0 Å². The third-order valence-electron chi connectivity index (χ3n) is 2.29. The van der Waals surface area contributed by atoms with E-state index in [0.29, 0.717) is 18.2 Å². The molecular formula is C11H12IN3OS. The minimum atomic E-state index is 0.447. The zero-order valence-electron chi connectivity index (χ0n) is 9.53. The van der Waals surface area contributed by atoms with Crippen molar-refractivity contribution < 1.29 is 4.74 Å². The van der Waals surface area contributed by atoms with Gasteiger partial charge >= 0.3 is 0 Å². The minimum Gasteiger partial charge on any atom is -0.383 e. The highest BCUT2D eigenvalue weighted by Gasteiger charge is 2.13. The molecule has 0 aliphatic heterocycles. The Morgan fingerprint density at radius 1 is 1.47 bits per heavy atom. The van der Waals surface area contributed by atoms with E-state index in [1.54, 1.807) is 18.4 Å². The van der Waals surface area contributed by atoms with Crippen molar-refractivity contribution in [1.29, 1.82) is 0 Å². The fraction of sp³-hybridized carbons (Fsp3) is 0.273. The first-order valence-electron chi connectivity index (χ1n) is 4.98. The van der Waals surface area contributed by atoms with Gasteiger partial charge in [0.1, 0.15) is 5.82 Å². The van der Waals surface area contributed by atoms with Gasteiger partial charge in [-0.1, -0.05) is 0 Å². The van der Waals surface area contributed by atoms with Crippen LogP contribution in [0.4, 0.5) is 5.82 Å². The van der Waals surface area contributed by atoms with Crippen LogP contribution in [0.5, 0.6) is 0 Å². The van der Waals surface area contributed by atoms with E-state index < -0.39 is 0 Å². The standard InChI is InChI=1S/C11H12IN3OS/c1-6-3-4-17-9(6)11-14-7(5-16-2)8(12)10(13)15-11/h3-4H,5H2,1-2H3,(H2,13,14,15). The van der Waals surface area contributed by atoms with Crippen molar-refractivity contribution in [3.05, 3.63) is 26.3 Å². The molecule has 6 heteroatoms. The molecule has 2 aromatic heterocycles. The lowest BCUT2D eigenvalue weighted by Gasteiger charge is -2.07. The van der Waals surface area contributed by atoms with E-state index in [4.69, 9.17) is 10.5 Å². The lowest BCUT2D eigenvalue weighted by Crippen LogP contribution is -2.05. The number of rotatable bonds is 3. The molecule has 2 aromatic rings. The summed E-state index contributed by atoms with van der Waals surface area (Å²) in [5, 5.41) is 2.03. The maximum absolute atomic E-state index is 5.90. The van der Waals surface area contributed by atoms with Gasteiger partial charge in [-0.3, -0.25) is 0 Å². The Bertz CT molecular complexity index is 542. The second kappa shape index (κ2) is 5.28. The molecule has 2 rings (SSSR count). The lowest BCUT2D eigenvalue weighted by molar-refractivity contribution is 0.181. The van der Waals surface area contributed by atoms with Gasteiger partial charge < -0.3 is 10.5 Å². The molecule has 0 aromatic carbocycles. The summed E-state index contributed by atoms with van der Waals surface area (Å²) in [5.74, 6) is 1.19. The summed E-state index contributed by atoms with van der Waals surface area (Å²) >= 11 is 3.77. The number of aryl methyl sites for hydroxylation is 1. The zero-order valence-corrected chi connectivity index (χ0v) is 12.5. The summed E-state index contributed by atoms with van der Waals surface area (Å²) in [6, 6.07) is 2.05. The Kier molecular flexibility index (Phi) is 3.95. The monoisotopic (exact) mass is 361 g/mol. The normalized spacial score (nSPS) is 10.8. The van der Waals surface area contributed by atoms with Gasteiger partial charge in [-0.2, -0.15) is 0 Å². The molecule has 17 heavy (non-hydrogen) atoms. The molecule has 90 valence electrons. The second-order valence-electron chi connectivity index (χ2n) is 3.56. The van der Waals surface area contributed by atoms with E-state index in [1.807, 2.05) is 18.4 Å². The van der Waals surface area contributed by atoms with E-state index in [2.05, 4.69) is 32.6 Å². The van der Waals surface area contributed by atoms with Crippen molar-refractivity contribution in [1.82, 2.24) is 9.97 Å². The van der Waals surface area contributed by atoms with E-state index in [9.17, 15) is 0 Å². The van der Waals surface area contributed by atoms with Gasteiger partial charge in [-0.25, -0.2) is 9.97 Å². The summed E-state index contributed by atoms with van der Waals surface area (Å²) < 4.78 is 5.98. The van der Waals surface area contributed by atoms with Crippen LogP contribution in [-0.2, 0) is 11.3 Å².